The zero-order valence-corrected chi connectivity index (χ0v) is 13.0. The third kappa shape index (κ3) is 2.34. The van der Waals surface area contributed by atoms with Crippen LogP contribution < -0.4 is 5.32 Å². The number of hydrogen-bond donors (Lipinski definition) is 1. The van der Waals surface area contributed by atoms with Crippen LogP contribution in [-0.4, -0.2) is 28.7 Å². The summed E-state index contributed by atoms with van der Waals surface area (Å²) in [6.45, 7) is 7.29. The van der Waals surface area contributed by atoms with Crippen molar-refractivity contribution in [2.45, 2.75) is 38.6 Å². The molecule has 2 aliphatic heterocycles. The average molecular weight is 316 g/mol. The summed E-state index contributed by atoms with van der Waals surface area (Å²) in [6.07, 6.45) is 0.824. The Balaban J connectivity index is 2.01. The highest BCUT2D eigenvalue weighted by atomic mass is 19.1. The van der Waals surface area contributed by atoms with Crippen LogP contribution in [0.4, 0.5) is 4.39 Å². The molecule has 3 amide bonds. The van der Waals surface area contributed by atoms with Crippen LogP contribution in [-0.2, 0) is 4.79 Å². The van der Waals surface area contributed by atoms with Gasteiger partial charge in [0.05, 0.1) is 11.1 Å². The molecule has 1 atom stereocenters. The number of carbonyl (C=O) groups excluding carboxylic acids is 3. The van der Waals surface area contributed by atoms with E-state index in [2.05, 4.69) is 11.9 Å². The fourth-order valence-electron chi connectivity index (χ4n) is 3.03. The van der Waals surface area contributed by atoms with Crippen molar-refractivity contribution in [2.24, 2.45) is 0 Å². The summed E-state index contributed by atoms with van der Waals surface area (Å²) in [5.41, 5.74) is 1.13. The Morgan fingerprint density at radius 2 is 1.83 bits per heavy atom. The van der Waals surface area contributed by atoms with E-state index in [4.69, 9.17) is 0 Å². The Morgan fingerprint density at radius 1 is 1.22 bits per heavy atom. The highest BCUT2D eigenvalue weighted by molar-refractivity contribution is 6.23. The molecule has 2 aliphatic rings. The minimum Gasteiger partial charge on any atom is -0.329 e. The van der Waals surface area contributed by atoms with Crippen LogP contribution in [0.2, 0.25) is 0 Å². The summed E-state index contributed by atoms with van der Waals surface area (Å²) in [5.74, 6) is -2.21. The number of hydrogen-bond acceptors (Lipinski definition) is 3. The lowest BCUT2D eigenvalue weighted by atomic mass is 9.97. The molecule has 5 nitrogen and oxygen atoms in total. The topological polar surface area (TPSA) is 66.5 Å². The van der Waals surface area contributed by atoms with Gasteiger partial charge in [0.2, 0.25) is 5.91 Å². The third-order valence-corrected chi connectivity index (χ3v) is 4.29. The van der Waals surface area contributed by atoms with Gasteiger partial charge in [-0.1, -0.05) is 20.4 Å². The van der Waals surface area contributed by atoms with E-state index < -0.39 is 29.6 Å². The van der Waals surface area contributed by atoms with E-state index in [-0.39, 0.29) is 17.0 Å². The molecular formula is C17H17FN2O3. The van der Waals surface area contributed by atoms with E-state index in [9.17, 15) is 18.8 Å². The smallest absolute Gasteiger partial charge is 0.262 e. The molecule has 1 aromatic carbocycles. The van der Waals surface area contributed by atoms with E-state index in [1.165, 1.54) is 6.07 Å². The standard InChI is InChI=1S/C17H17FN2O3/c1-8(2)10-6-11-12(7-13(10)18)17(23)20(16(11)22)14-5-4-9(3)19-15(14)21/h6-8,14H,3-5H2,1-2H3,(H,19,21). The highest BCUT2D eigenvalue weighted by Gasteiger charge is 2.44. The first-order valence-corrected chi connectivity index (χ1v) is 7.51. The number of piperidine rings is 1. The first-order valence-electron chi connectivity index (χ1n) is 7.51. The molecule has 0 aromatic heterocycles. The first kappa shape index (κ1) is 15.4. The summed E-state index contributed by atoms with van der Waals surface area (Å²) in [7, 11) is 0. The van der Waals surface area contributed by atoms with Gasteiger partial charge in [-0.15, -0.1) is 0 Å². The lowest BCUT2D eigenvalue weighted by Gasteiger charge is -2.29. The minimum absolute atomic E-state index is 0.0223. The predicted molar refractivity (Wildman–Crippen MR) is 81.3 cm³/mol. The summed E-state index contributed by atoms with van der Waals surface area (Å²) < 4.78 is 14.1. The lowest BCUT2D eigenvalue weighted by Crippen LogP contribution is -2.51. The molecule has 0 aliphatic carbocycles. The first-order chi connectivity index (χ1) is 10.8. The lowest BCUT2D eigenvalue weighted by molar-refractivity contribution is -0.125. The second-order valence-corrected chi connectivity index (χ2v) is 6.20. The third-order valence-electron chi connectivity index (χ3n) is 4.29. The fourth-order valence-corrected chi connectivity index (χ4v) is 3.03. The van der Waals surface area contributed by atoms with Crippen LogP contribution in [0, 0.1) is 5.82 Å². The Hall–Kier alpha value is -2.50. The van der Waals surface area contributed by atoms with E-state index in [1.807, 2.05) is 13.8 Å². The zero-order valence-electron chi connectivity index (χ0n) is 13.0. The normalized spacial score (nSPS) is 21.0. The Labute approximate surface area is 133 Å². The molecule has 0 radical (unpaired) electrons. The van der Waals surface area contributed by atoms with Gasteiger partial charge in [-0.05, 0) is 36.5 Å². The molecule has 1 unspecified atom stereocenters. The van der Waals surface area contributed by atoms with E-state index in [0.29, 0.717) is 24.1 Å². The number of nitrogens with one attached hydrogen (secondary N) is 1. The molecule has 2 heterocycles. The van der Waals surface area contributed by atoms with Crippen molar-refractivity contribution >= 4 is 17.7 Å². The van der Waals surface area contributed by atoms with Gasteiger partial charge in [-0.25, -0.2) is 4.39 Å². The molecule has 120 valence electrons. The number of nitrogens with zero attached hydrogens (tertiary/aromatic N) is 1. The van der Waals surface area contributed by atoms with Gasteiger partial charge in [0.15, 0.2) is 0 Å². The fraction of sp³-hybridized carbons (Fsp3) is 0.353. The van der Waals surface area contributed by atoms with E-state index in [0.717, 1.165) is 11.0 Å². The number of carbonyl (C=O) groups is 3. The van der Waals surface area contributed by atoms with Crippen LogP contribution in [0.3, 0.4) is 0 Å². The summed E-state index contributed by atoms with van der Waals surface area (Å²) in [6, 6.07) is 1.65. The molecule has 1 saturated heterocycles. The largest absolute Gasteiger partial charge is 0.329 e. The predicted octanol–water partition coefficient (Wildman–Crippen LogP) is 2.34. The summed E-state index contributed by atoms with van der Waals surface area (Å²) >= 11 is 0. The Kier molecular flexibility index (Phi) is 3.55. The van der Waals surface area contributed by atoms with Gasteiger partial charge in [-0.2, -0.15) is 0 Å². The van der Waals surface area contributed by atoms with Crippen LogP contribution >= 0.6 is 0 Å². The number of imide groups is 1. The quantitative estimate of drug-likeness (QED) is 0.852. The van der Waals surface area contributed by atoms with Gasteiger partial charge >= 0.3 is 0 Å². The van der Waals surface area contributed by atoms with Gasteiger partial charge in [-0.3, -0.25) is 19.3 Å². The molecule has 23 heavy (non-hydrogen) atoms. The SMILES string of the molecule is C=C1CCC(N2C(=O)c3cc(F)c(C(C)C)cc3C2=O)C(=O)N1. The molecule has 0 saturated carbocycles. The van der Waals surface area contributed by atoms with Crippen molar-refractivity contribution in [3.63, 3.8) is 0 Å². The van der Waals surface area contributed by atoms with Crippen LogP contribution in [0.5, 0.6) is 0 Å². The maximum absolute atomic E-state index is 14.1. The van der Waals surface area contributed by atoms with Crippen LogP contribution in [0.25, 0.3) is 0 Å². The van der Waals surface area contributed by atoms with Gasteiger partial charge in [0, 0.05) is 5.70 Å². The summed E-state index contributed by atoms with van der Waals surface area (Å²) in [4.78, 5) is 38.1. The number of halogens is 1. The molecule has 0 bridgehead atoms. The Bertz CT molecular complexity index is 754. The van der Waals surface area contributed by atoms with Gasteiger partial charge in [0.25, 0.3) is 11.8 Å². The summed E-state index contributed by atoms with van der Waals surface area (Å²) in [5, 5.41) is 2.56. The zero-order chi connectivity index (χ0) is 16.9. The minimum atomic E-state index is -0.876. The highest BCUT2D eigenvalue weighted by Crippen LogP contribution is 2.32. The average Bonchev–Trinajstić information content (AvgIpc) is 2.70. The van der Waals surface area contributed by atoms with Crippen molar-refractivity contribution in [3.05, 3.63) is 46.9 Å². The molecule has 3 rings (SSSR count). The number of benzene rings is 1. The monoisotopic (exact) mass is 316 g/mol. The number of fused-ring (bicyclic) bond motifs is 1. The maximum atomic E-state index is 14.1. The number of amides is 3. The molecule has 0 spiro atoms. The maximum Gasteiger partial charge on any atom is 0.262 e. The van der Waals surface area contributed by atoms with Crippen molar-refractivity contribution in [2.75, 3.05) is 0 Å². The second kappa shape index (κ2) is 5.30. The van der Waals surface area contributed by atoms with Crippen molar-refractivity contribution in [1.29, 1.82) is 0 Å². The van der Waals surface area contributed by atoms with Crippen molar-refractivity contribution in [1.82, 2.24) is 10.2 Å². The van der Waals surface area contributed by atoms with Crippen LogP contribution in [0.15, 0.2) is 24.4 Å². The van der Waals surface area contributed by atoms with Crippen LogP contribution in [0.1, 0.15) is 58.9 Å². The molecule has 1 aromatic rings. The molecular weight excluding hydrogens is 299 g/mol. The Morgan fingerprint density at radius 3 is 2.39 bits per heavy atom. The number of rotatable bonds is 2. The number of allylic oxidation sites excluding steroid dienone is 1. The van der Waals surface area contributed by atoms with E-state index >= 15 is 0 Å². The van der Waals surface area contributed by atoms with E-state index in [1.54, 1.807) is 0 Å². The van der Waals surface area contributed by atoms with Gasteiger partial charge < -0.3 is 5.32 Å². The molecule has 6 heteroatoms. The van der Waals surface area contributed by atoms with Crippen molar-refractivity contribution in [3.8, 4) is 0 Å². The van der Waals surface area contributed by atoms with Gasteiger partial charge in [0.1, 0.15) is 11.9 Å². The molecule has 1 N–H and O–H groups in total. The second-order valence-electron chi connectivity index (χ2n) is 6.20. The van der Waals surface area contributed by atoms with Crippen molar-refractivity contribution < 1.29 is 18.8 Å². The molecule has 1 fully saturated rings.